The van der Waals surface area contributed by atoms with E-state index >= 15 is 0 Å². The molecule has 0 radical (unpaired) electrons. The zero-order valence-corrected chi connectivity index (χ0v) is 11.7. The Balaban J connectivity index is 0.00000256. The van der Waals surface area contributed by atoms with Crippen molar-refractivity contribution < 1.29 is 15.0 Å². The molecule has 0 bridgehead atoms. The topological polar surface area (TPSA) is 83.6 Å². The zero-order valence-electron chi connectivity index (χ0n) is 9.31. The van der Waals surface area contributed by atoms with E-state index in [9.17, 15) is 9.90 Å². The summed E-state index contributed by atoms with van der Waals surface area (Å²) < 4.78 is 0.635. The normalized spacial score (nSPS) is 11.7. The Morgan fingerprint density at radius 1 is 1.53 bits per heavy atom. The maximum atomic E-state index is 10.8. The molecule has 6 heteroatoms. The van der Waals surface area contributed by atoms with Gasteiger partial charge in [-0.1, -0.05) is 29.3 Å². The van der Waals surface area contributed by atoms with Crippen LogP contribution in [0, 0.1) is 0 Å². The van der Waals surface area contributed by atoms with Crippen molar-refractivity contribution in [1.29, 1.82) is 0 Å². The van der Waals surface area contributed by atoms with Gasteiger partial charge in [-0.2, -0.15) is 0 Å². The van der Waals surface area contributed by atoms with E-state index in [4.69, 9.17) is 10.8 Å². The van der Waals surface area contributed by atoms with Gasteiger partial charge in [-0.05, 0) is 18.6 Å². The molecule has 0 spiro atoms. The molecule has 0 heterocycles. The maximum absolute atomic E-state index is 10.8. The van der Waals surface area contributed by atoms with Gasteiger partial charge in [0.2, 0.25) is 0 Å². The van der Waals surface area contributed by atoms with Gasteiger partial charge in [-0.15, -0.1) is 12.4 Å². The number of carboxylic acid groups (broad SMARTS) is 1. The number of hydrogen-bond acceptors (Lipinski definition) is 3. The molecule has 0 amide bonds. The van der Waals surface area contributed by atoms with Gasteiger partial charge in [0.1, 0.15) is 11.3 Å². The maximum Gasteiger partial charge on any atom is 0.339 e. The number of phenols is 1. The van der Waals surface area contributed by atoms with E-state index in [0.717, 1.165) is 6.42 Å². The van der Waals surface area contributed by atoms with E-state index in [1.807, 2.05) is 6.92 Å². The van der Waals surface area contributed by atoms with Crippen molar-refractivity contribution in [3.8, 4) is 5.75 Å². The van der Waals surface area contributed by atoms with Crippen LogP contribution >= 0.6 is 28.3 Å². The molecule has 0 saturated carbocycles. The molecule has 96 valence electrons. The van der Waals surface area contributed by atoms with E-state index in [0.29, 0.717) is 16.5 Å². The second-order valence-corrected chi connectivity index (χ2v) is 4.41. The van der Waals surface area contributed by atoms with Gasteiger partial charge in [-0.3, -0.25) is 0 Å². The Bertz CT molecular complexity index is 412. The number of carbonyl (C=O) groups is 1. The second-order valence-electron chi connectivity index (χ2n) is 3.56. The first kappa shape index (κ1) is 16.2. The summed E-state index contributed by atoms with van der Waals surface area (Å²) in [6.45, 7) is 1.98. The third kappa shape index (κ3) is 3.59. The molecule has 0 aromatic heterocycles. The van der Waals surface area contributed by atoms with Crippen molar-refractivity contribution in [1.82, 2.24) is 0 Å². The highest BCUT2D eigenvalue weighted by Crippen LogP contribution is 2.35. The van der Waals surface area contributed by atoms with Crippen molar-refractivity contribution in [3.05, 3.63) is 27.7 Å². The van der Waals surface area contributed by atoms with E-state index in [-0.39, 0.29) is 29.8 Å². The molecule has 0 aliphatic heterocycles. The van der Waals surface area contributed by atoms with Gasteiger partial charge in [0.25, 0.3) is 0 Å². The Morgan fingerprint density at radius 2 is 2.12 bits per heavy atom. The van der Waals surface area contributed by atoms with Gasteiger partial charge in [0, 0.05) is 16.1 Å². The van der Waals surface area contributed by atoms with E-state index < -0.39 is 5.97 Å². The van der Waals surface area contributed by atoms with Gasteiger partial charge >= 0.3 is 5.97 Å². The van der Waals surface area contributed by atoms with Crippen LogP contribution in [0.4, 0.5) is 0 Å². The van der Waals surface area contributed by atoms with Crippen molar-refractivity contribution in [2.24, 2.45) is 5.73 Å². The van der Waals surface area contributed by atoms with Crippen LogP contribution in [0.5, 0.6) is 5.75 Å². The second kappa shape index (κ2) is 6.83. The third-order valence-electron chi connectivity index (χ3n) is 2.36. The summed E-state index contributed by atoms with van der Waals surface area (Å²) in [5.41, 5.74) is 6.23. The molecule has 0 aliphatic rings. The number of aromatic carboxylic acids is 1. The smallest absolute Gasteiger partial charge is 0.339 e. The number of carboxylic acids is 1. The number of nitrogens with two attached hydrogens (primary N) is 1. The highest BCUT2D eigenvalue weighted by Gasteiger charge is 2.20. The molecule has 1 rings (SSSR count). The number of halogens is 2. The minimum absolute atomic E-state index is 0. The summed E-state index contributed by atoms with van der Waals surface area (Å²) >= 11 is 3.27. The summed E-state index contributed by atoms with van der Waals surface area (Å²) in [6.07, 6.45) is 1.56. The Morgan fingerprint density at radius 3 is 2.59 bits per heavy atom. The monoisotopic (exact) mass is 323 g/mol. The minimum atomic E-state index is -1.16. The molecule has 0 unspecified atom stereocenters. The fourth-order valence-corrected chi connectivity index (χ4v) is 2.18. The Labute approximate surface area is 114 Å². The van der Waals surface area contributed by atoms with E-state index in [2.05, 4.69) is 15.9 Å². The number of hydrogen-bond donors (Lipinski definition) is 3. The SMILES string of the molecule is CCC[C@@H](N)c1c(Br)ccc(C(=O)O)c1O.Cl. The molecule has 4 N–H and O–H groups in total. The van der Waals surface area contributed by atoms with Gasteiger partial charge in [0.05, 0.1) is 0 Å². The summed E-state index contributed by atoms with van der Waals surface area (Å²) in [7, 11) is 0. The quantitative estimate of drug-likeness (QED) is 0.794. The minimum Gasteiger partial charge on any atom is -0.507 e. The highest BCUT2D eigenvalue weighted by molar-refractivity contribution is 9.10. The Kier molecular flexibility index (Phi) is 6.52. The first-order valence-corrected chi connectivity index (χ1v) is 5.78. The molecule has 17 heavy (non-hydrogen) atoms. The predicted octanol–water partition coefficient (Wildman–Crippen LogP) is 3.07. The molecular formula is C11H15BrClNO3. The third-order valence-corrected chi connectivity index (χ3v) is 3.06. The molecule has 1 aromatic carbocycles. The van der Waals surface area contributed by atoms with Crippen LogP contribution in [-0.2, 0) is 0 Å². The fraction of sp³-hybridized carbons (Fsp3) is 0.364. The van der Waals surface area contributed by atoms with Crippen molar-refractivity contribution >= 4 is 34.3 Å². The largest absolute Gasteiger partial charge is 0.507 e. The summed E-state index contributed by atoms with van der Waals surface area (Å²) in [5, 5.41) is 18.7. The molecular weight excluding hydrogens is 309 g/mol. The molecule has 0 aliphatic carbocycles. The zero-order chi connectivity index (χ0) is 12.3. The lowest BCUT2D eigenvalue weighted by Crippen LogP contribution is -2.12. The number of aromatic hydroxyl groups is 1. The molecule has 0 fully saturated rings. The standard InChI is InChI=1S/C11H14BrNO3.ClH/c1-2-3-8(13)9-7(12)5-4-6(10(9)14)11(15)16;/h4-5,8,14H,2-3,13H2,1H3,(H,15,16);1H/t8-;/m1./s1. The van der Waals surface area contributed by atoms with Crippen molar-refractivity contribution in [2.75, 3.05) is 0 Å². The van der Waals surface area contributed by atoms with Gasteiger partial charge < -0.3 is 15.9 Å². The first-order valence-electron chi connectivity index (χ1n) is 4.99. The van der Waals surface area contributed by atoms with Crippen LogP contribution in [0.15, 0.2) is 16.6 Å². The van der Waals surface area contributed by atoms with Crippen LogP contribution in [0.1, 0.15) is 41.7 Å². The molecule has 4 nitrogen and oxygen atoms in total. The molecule has 0 saturated heterocycles. The van der Waals surface area contributed by atoms with Crippen LogP contribution in [0.25, 0.3) is 0 Å². The van der Waals surface area contributed by atoms with E-state index in [1.165, 1.54) is 6.07 Å². The summed E-state index contributed by atoms with van der Waals surface area (Å²) in [6, 6.07) is 2.58. The average Bonchev–Trinajstić information content (AvgIpc) is 2.17. The number of rotatable bonds is 4. The first-order chi connectivity index (χ1) is 7.49. The highest BCUT2D eigenvalue weighted by atomic mass is 79.9. The summed E-state index contributed by atoms with van der Waals surface area (Å²) in [4.78, 5) is 10.8. The lowest BCUT2D eigenvalue weighted by molar-refractivity contribution is 0.0693. The van der Waals surface area contributed by atoms with Crippen LogP contribution in [0.3, 0.4) is 0 Å². The molecule has 1 atom stereocenters. The predicted molar refractivity (Wildman–Crippen MR) is 71.9 cm³/mol. The fourth-order valence-electron chi connectivity index (χ4n) is 1.56. The molecule has 1 aromatic rings. The van der Waals surface area contributed by atoms with Crippen molar-refractivity contribution in [3.63, 3.8) is 0 Å². The average molecular weight is 325 g/mol. The van der Waals surface area contributed by atoms with Gasteiger partial charge in [0.15, 0.2) is 0 Å². The number of benzene rings is 1. The lowest BCUT2D eigenvalue weighted by atomic mass is 9.99. The van der Waals surface area contributed by atoms with Crippen LogP contribution < -0.4 is 5.73 Å². The van der Waals surface area contributed by atoms with E-state index in [1.54, 1.807) is 6.07 Å². The Hall–Kier alpha value is -0.780. The lowest BCUT2D eigenvalue weighted by Gasteiger charge is -2.16. The van der Waals surface area contributed by atoms with Crippen LogP contribution in [0.2, 0.25) is 0 Å². The summed E-state index contributed by atoms with van der Waals surface area (Å²) in [5.74, 6) is -1.40. The van der Waals surface area contributed by atoms with Gasteiger partial charge in [-0.25, -0.2) is 4.79 Å². The van der Waals surface area contributed by atoms with Crippen LogP contribution in [-0.4, -0.2) is 16.2 Å². The van der Waals surface area contributed by atoms with Crippen molar-refractivity contribution in [2.45, 2.75) is 25.8 Å².